The van der Waals surface area contributed by atoms with Crippen molar-refractivity contribution in [3.05, 3.63) is 59.2 Å². The number of hydrogen-bond acceptors (Lipinski definition) is 3. The lowest BCUT2D eigenvalue weighted by Gasteiger charge is -2.44. The van der Waals surface area contributed by atoms with E-state index in [9.17, 15) is 13.6 Å². The average Bonchev–Trinajstić information content (AvgIpc) is 2.99. The van der Waals surface area contributed by atoms with E-state index in [4.69, 9.17) is 4.74 Å². The molecule has 2 atom stereocenters. The maximum absolute atomic E-state index is 13.7. The van der Waals surface area contributed by atoms with Gasteiger partial charge in [0.2, 0.25) is 0 Å². The molecule has 6 heteroatoms. The SMILES string of the molecule is CC1(C)Cc2cc(-c3ccc(F)c(F)c3)ccc2C1NC(=O)O[C@H]1CN2CCC1CC2. The number of amides is 1. The normalized spacial score (nSPS) is 28.3. The third-order valence-corrected chi connectivity index (χ3v) is 7.25. The summed E-state index contributed by atoms with van der Waals surface area (Å²) < 4.78 is 32.8. The van der Waals surface area contributed by atoms with Crippen LogP contribution in [0.15, 0.2) is 36.4 Å². The number of nitrogens with one attached hydrogen (secondary N) is 1. The molecule has 164 valence electrons. The molecule has 0 saturated carbocycles. The first-order chi connectivity index (χ1) is 14.8. The first-order valence-corrected chi connectivity index (χ1v) is 11.1. The van der Waals surface area contributed by atoms with Crippen molar-refractivity contribution in [2.75, 3.05) is 19.6 Å². The standard InChI is InChI=1S/C25H28F2N2O2/c1-25(2)13-18-11-16(17-4-6-20(26)21(27)12-17)3-5-19(18)23(25)28-24(30)31-22-14-29-9-7-15(22)8-10-29/h3-6,11-12,15,22-23H,7-10,13-14H2,1-2H3,(H,28,30)/t22-,23?/m0/s1. The van der Waals surface area contributed by atoms with Gasteiger partial charge < -0.3 is 10.1 Å². The van der Waals surface area contributed by atoms with E-state index in [0.717, 1.165) is 61.7 Å². The largest absolute Gasteiger partial charge is 0.445 e. The van der Waals surface area contributed by atoms with E-state index in [0.29, 0.717) is 11.5 Å². The van der Waals surface area contributed by atoms with Crippen LogP contribution in [0.25, 0.3) is 11.1 Å². The van der Waals surface area contributed by atoms with Crippen molar-refractivity contribution in [1.29, 1.82) is 0 Å². The zero-order chi connectivity index (χ0) is 21.8. The number of benzene rings is 2. The second kappa shape index (κ2) is 7.59. The van der Waals surface area contributed by atoms with Gasteiger partial charge in [0.1, 0.15) is 6.10 Å². The molecule has 2 aromatic carbocycles. The predicted molar refractivity (Wildman–Crippen MR) is 115 cm³/mol. The molecule has 1 amide bonds. The molecule has 6 rings (SSSR count). The molecule has 31 heavy (non-hydrogen) atoms. The maximum Gasteiger partial charge on any atom is 0.407 e. The van der Waals surface area contributed by atoms with Crippen LogP contribution in [0.4, 0.5) is 13.6 Å². The fourth-order valence-corrected chi connectivity index (χ4v) is 5.52. The van der Waals surface area contributed by atoms with Crippen LogP contribution < -0.4 is 5.32 Å². The zero-order valence-electron chi connectivity index (χ0n) is 18.0. The van der Waals surface area contributed by atoms with Gasteiger partial charge in [-0.2, -0.15) is 0 Å². The number of rotatable bonds is 3. The minimum Gasteiger partial charge on any atom is -0.445 e. The molecule has 0 spiro atoms. The molecule has 3 fully saturated rings. The number of alkyl carbamates (subject to hydrolysis) is 1. The number of ether oxygens (including phenoxy) is 1. The molecule has 0 aromatic heterocycles. The lowest BCUT2D eigenvalue weighted by molar-refractivity contribution is -0.0348. The highest BCUT2D eigenvalue weighted by Gasteiger charge is 2.42. The topological polar surface area (TPSA) is 41.6 Å². The van der Waals surface area contributed by atoms with E-state index < -0.39 is 11.6 Å². The van der Waals surface area contributed by atoms with Gasteiger partial charge in [0.25, 0.3) is 0 Å². The number of halogens is 2. The summed E-state index contributed by atoms with van der Waals surface area (Å²) in [5, 5.41) is 3.12. The molecule has 3 heterocycles. The summed E-state index contributed by atoms with van der Waals surface area (Å²) in [7, 11) is 0. The van der Waals surface area contributed by atoms with E-state index in [1.54, 1.807) is 6.07 Å². The van der Waals surface area contributed by atoms with Crippen molar-refractivity contribution < 1.29 is 18.3 Å². The van der Waals surface area contributed by atoms with Crippen LogP contribution in [0.3, 0.4) is 0 Å². The summed E-state index contributed by atoms with van der Waals surface area (Å²) in [6.07, 6.45) is 2.60. The third kappa shape index (κ3) is 3.82. The molecule has 4 aliphatic rings. The first kappa shape index (κ1) is 20.4. The van der Waals surface area contributed by atoms with Crippen molar-refractivity contribution >= 4 is 6.09 Å². The van der Waals surface area contributed by atoms with Crippen LogP contribution >= 0.6 is 0 Å². The highest BCUT2D eigenvalue weighted by atomic mass is 19.2. The van der Waals surface area contributed by atoms with E-state index in [-0.39, 0.29) is 23.7 Å². The smallest absolute Gasteiger partial charge is 0.407 e. The van der Waals surface area contributed by atoms with Crippen molar-refractivity contribution in [2.45, 2.75) is 45.3 Å². The van der Waals surface area contributed by atoms with Gasteiger partial charge >= 0.3 is 6.09 Å². The van der Waals surface area contributed by atoms with Gasteiger partial charge in [-0.3, -0.25) is 4.90 Å². The number of hydrogen-bond donors (Lipinski definition) is 1. The Morgan fingerprint density at radius 1 is 1.06 bits per heavy atom. The first-order valence-electron chi connectivity index (χ1n) is 11.1. The number of piperidine rings is 3. The predicted octanol–water partition coefficient (Wildman–Crippen LogP) is 5.08. The van der Waals surface area contributed by atoms with Gasteiger partial charge in [0.15, 0.2) is 11.6 Å². The van der Waals surface area contributed by atoms with Crippen LogP contribution in [0.5, 0.6) is 0 Å². The van der Waals surface area contributed by atoms with Crippen molar-refractivity contribution in [3.63, 3.8) is 0 Å². The third-order valence-electron chi connectivity index (χ3n) is 7.25. The highest BCUT2D eigenvalue weighted by Crippen LogP contribution is 2.46. The molecule has 2 aromatic rings. The lowest BCUT2D eigenvalue weighted by atomic mass is 9.85. The fraction of sp³-hybridized carbons (Fsp3) is 0.480. The lowest BCUT2D eigenvalue weighted by Crippen LogP contribution is -2.53. The summed E-state index contributed by atoms with van der Waals surface area (Å²) in [4.78, 5) is 15.1. The Bertz CT molecular complexity index is 1010. The monoisotopic (exact) mass is 426 g/mol. The van der Waals surface area contributed by atoms with Gasteiger partial charge in [-0.05, 0) is 78.1 Å². The molecule has 0 radical (unpaired) electrons. The summed E-state index contributed by atoms with van der Waals surface area (Å²) in [5.74, 6) is -1.23. The van der Waals surface area contributed by atoms with Crippen molar-refractivity contribution in [1.82, 2.24) is 10.2 Å². The Hall–Kier alpha value is -2.47. The van der Waals surface area contributed by atoms with E-state index in [2.05, 4.69) is 24.1 Å². The highest BCUT2D eigenvalue weighted by molar-refractivity contribution is 5.70. The van der Waals surface area contributed by atoms with Gasteiger partial charge in [-0.15, -0.1) is 0 Å². The molecule has 4 nitrogen and oxygen atoms in total. The van der Waals surface area contributed by atoms with Gasteiger partial charge in [0, 0.05) is 6.54 Å². The molecule has 3 saturated heterocycles. The van der Waals surface area contributed by atoms with Crippen LogP contribution in [-0.2, 0) is 11.2 Å². The van der Waals surface area contributed by atoms with E-state index in [1.165, 1.54) is 6.07 Å². The fourth-order valence-electron chi connectivity index (χ4n) is 5.52. The number of nitrogens with zero attached hydrogens (tertiary/aromatic N) is 1. The van der Waals surface area contributed by atoms with Crippen molar-refractivity contribution in [3.8, 4) is 11.1 Å². The molecule has 1 aliphatic carbocycles. The van der Waals surface area contributed by atoms with Crippen LogP contribution in [0.2, 0.25) is 0 Å². The number of carbonyl (C=O) groups is 1. The van der Waals surface area contributed by atoms with Crippen LogP contribution in [-0.4, -0.2) is 36.7 Å². The van der Waals surface area contributed by atoms with Gasteiger partial charge in [0.05, 0.1) is 6.04 Å². The Kier molecular flexibility index (Phi) is 5.00. The minimum absolute atomic E-state index is 0.0257. The summed E-state index contributed by atoms with van der Waals surface area (Å²) in [5.41, 5.74) is 3.47. The van der Waals surface area contributed by atoms with Gasteiger partial charge in [-0.25, -0.2) is 13.6 Å². The molecule has 3 aliphatic heterocycles. The second-order valence-corrected chi connectivity index (χ2v) is 9.87. The molecule has 1 unspecified atom stereocenters. The molecule has 2 bridgehead atoms. The number of carbonyl (C=O) groups excluding carboxylic acids is 1. The Labute approximate surface area is 181 Å². The molecular formula is C25H28F2N2O2. The molecule has 1 N–H and O–H groups in total. The van der Waals surface area contributed by atoms with Crippen LogP contribution in [0.1, 0.15) is 43.9 Å². The van der Waals surface area contributed by atoms with E-state index in [1.807, 2.05) is 18.2 Å². The summed E-state index contributed by atoms with van der Waals surface area (Å²) >= 11 is 0. The Balaban J connectivity index is 1.33. The summed E-state index contributed by atoms with van der Waals surface area (Å²) in [6, 6.07) is 9.70. The second-order valence-electron chi connectivity index (χ2n) is 9.87. The maximum atomic E-state index is 13.7. The Morgan fingerprint density at radius 3 is 2.45 bits per heavy atom. The van der Waals surface area contributed by atoms with E-state index >= 15 is 0 Å². The quantitative estimate of drug-likeness (QED) is 0.745. The number of fused-ring (bicyclic) bond motifs is 4. The van der Waals surface area contributed by atoms with Gasteiger partial charge in [-0.1, -0.05) is 38.1 Å². The zero-order valence-corrected chi connectivity index (χ0v) is 18.0. The minimum atomic E-state index is -0.853. The van der Waals surface area contributed by atoms with Crippen LogP contribution in [0, 0.1) is 23.0 Å². The Morgan fingerprint density at radius 2 is 1.77 bits per heavy atom. The van der Waals surface area contributed by atoms with Crippen molar-refractivity contribution in [2.24, 2.45) is 11.3 Å². The summed E-state index contributed by atoms with van der Waals surface area (Å²) in [6.45, 7) is 7.30. The molecular weight excluding hydrogens is 398 g/mol. The average molecular weight is 427 g/mol.